The van der Waals surface area contributed by atoms with Gasteiger partial charge >= 0.3 is 6.03 Å². The number of nitrogens with zero attached hydrogens (tertiary/aromatic N) is 2. The average Bonchev–Trinajstić information content (AvgIpc) is 3.11. The standard InChI is InChI=1S/C16H21N3O2/c20-15-10-14(17-16(21)18-8-4-5-9-18)12-19(15)11-13-6-2-1-3-7-13/h1-3,6-7,14H,4-5,8-12H2,(H,17,21)/t14-/m1/s1. The lowest BCUT2D eigenvalue weighted by Crippen LogP contribution is -2.44. The Hall–Kier alpha value is -2.04. The van der Waals surface area contributed by atoms with Crippen LogP contribution >= 0.6 is 0 Å². The molecule has 2 heterocycles. The molecule has 2 aliphatic rings. The van der Waals surface area contributed by atoms with E-state index in [-0.39, 0.29) is 18.0 Å². The first-order valence-corrected chi connectivity index (χ1v) is 7.59. The summed E-state index contributed by atoms with van der Waals surface area (Å²) >= 11 is 0. The van der Waals surface area contributed by atoms with Crippen LogP contribution in [0.25, 0.3) is 0 Å². The third kappa shape index (κ3) is 3.35. The number of benzene rings is 1. The minimum Gasteiger partial charge on any atom is -0.336 e. The molecule has 2 fully saturated rings. The molecule has 1 aromatic carbocycles. The number of rotatable bonds is 3. The fourth-order valence-electron chi connectivity index (χ4n) is 3.01. The smallest absolute Gasteiger partial charge is 0.317 e. The highest BCUT2D eigenvalue weighted by molar-refractivity contribution is 5.81. The molecule has 3 amide bonds. The molecule has 21 heavy (non-hydrogen) atoms. The molecule has 0 aliphatic carbocycles. The van der Waals surface area contributed by atoms with Crippen molar-refractivity contribution >= 4 is 11.9 Å². The van der Waals surface area contributed by atoms with Crippen LogP contribution in [0.2, 0.25) is 0 Å². The molecule has 1 atom stereocenters. The van der Waals surface area contributed by atoms with E-state index in [0.717, 1.165) is 31.5 Å². The quantitative estimate of drug-likeness (QED) is 0.918. The molecular weight excluding hydrogens is 266 g/mol. The molecule has 3 rings (SSSR count). The molecular formula is C16H21N3O2. The molecule has 5 heteroatoms. The Morgan fingerprint density at radius 2 is 1.90 bits per heavy atom. The summed E-state index contributed by atoms with van der Waals surface area (Å²) in [5.74, 6) is 0.116. The molecule has 1 N–H and O–H groups in total. The van der Waals surface area contributed by atoms with Gasteiger partial charge in [-0.3, -0.25) is 4.79 Å². The zero-order valence-corrected chi connectivity index (χ0v) is 12.1. The lowest BCUT2D eigenvalue weighted by molar-refractivity contribution is -0.128. The van der Waals surface area contributed by atoms with Crippen LogP contribution in [0.5, 0.6) is 0 Å². The molecule has 0 radical (unpaired) electrons. The Morgan fingerprint density at radius 1 is 1.19 bits per heavy atom. The number of urea groups is 1. The van der Waals surface area contributed by atoms with Gasteiger partial charge in [-0.25, -0.2) is 4.79 Å². The van der Waals surface area contributed by atoms with Gasteiger partial charge in [0.2, 0.25) is 5.91 Å². The largest absolute Gasteiger partial charge is 0.336 e. The second-order valence-corrected chi connectivity index (χ2v) is 5.80. The Labute approximate surface area is 124 Å². The fraction of sp³-hybridized carbons (Fsp3) is 0.500. The second-order valence-electron chi connectivity index (χ2n) is 5.80. The van der Waals surface area contributed by atoms with Crippen LogP contribution in [0.4, 0.5) is 4.79 Å². The number of hydrogen-bond acceptors (Lipinski definition) is 2. The summed E-state index contributed by atoms with van der Waals surface area (Å²) in [6, 6.07) is 9.87. The summed E-state index contributed by atoms with van der Waals surface area (Å²) in [6.45, 7) is 2.89. The average molecular weight is 287 g/mol. The van der Waals surface area contributed by atoms with Crippen molar-refractivity contribution in [1.29, 1.82) is 0 Å². The van der Waals surface area contributed by atoms with E-state index in [4.69, 9.17) is 0 Å². The van der Waals surface area contributed by atoms with E-state index in [0.29, 0.717) is 19.5 Å². The molecule has 0 unspecified atom stereocenters. The molecule has 2 saturated heterocycles. The lowest BCUT2D eigenvalue weighted by atomic mass is 10.2. The highest BCUT2D eigenvalue weighted by atomic mass is 16.2. The number of likely N-dealkylation sites (tertiary alicyclic amines) is 2. The van der Waals surface area contributed by atoms with Crippen molar-refractivity contribution in [3.05, 3.63) is 35.9 Å². The van der Waals surface area contributed by atoms with Gasteiger partial charge in [0.15, 0.2) is 0 Å². The summed E-state index contributed by atoms with van der Waals surface area (Å²) in [7, 11) is 0. The van der Waals surface area contributed by atoms with Gasteiger partial charge in [-0.15, -0.1) is 0 Å². The fourth-order valence-corrected chi connectivity index (χ4v) is 3.01. The first-order chi connectivity index (χ1) is 10.2. The highest BCUT2D eigenvalue weighted by Gasteiger charge is 2.31. The van der Waals surface area contributed by atoms with Crippen molar-refractivity contribution < 1.29 is 9.59 Å². The molecule has 2 aliphatic heterocycles. The Morgan fingerprint density at radius 3 is 2.62 bits per heavy atom. The maximum Gasteiger partial charge on any atom is 0.317 e. The van der Waals surface area contributed by atoms with Crippen LogP contribution < -0.4 is 5.32 Å². The molecule has 0 spiro atoms. The van der Waals surface area contributed by atoms with Crippen LogP contribution in [0.3, 0.4) is 0 Å². The normalized spacial score (nSPS) is 21.9. The minimum atomic E-state index is -0.0608. The molecule has 0 saturated carbocycles. The van der Waals surface area contributed by atoms with Gasteiger partial charge in [0.1, 0.15) is 0 Å². The van der Waals surface area contributed by atoms with Crippen molar-refractivity contribution in [2.24, 2.45) is 0 Å². The molecule has 112 valence electrons. The van der Waals surface area contributed by atoms with Crippen molar-refractivity contribution in [2.75, 3.05) is 19.6 Å². The summed E-state index contributed by atoms with van der Waals surface area (Å²) in [5.41, 5.74) is 1.12. The summed E-state index contributed by atoms with van der Waals surface area (Å²) < 4.78 is 0. The minimum absolute atomic E-state index is 0.0214. The van der Waals surface area contributed by atoms with Crippen molar-refractivity contribution in [3.8, 4) is 0 Å². The maximum atomic E-state index is 12.1. The highest BCUT2D eigenvalue weighted by Crippen LogP contribution is 2.16. The second kappa shape index (κ2) is 6.16. The van der Waals surface area contributed by atoms with E-state index >= 15 is 0 Å². The lowest BCUT2D eigenvalue weighted by Gasteiger charge is -2.20. The monoisotopic (exact) mass is 287 g/mol. The van der Waals surface area contributed by atoms with Crippen LogP contribution in [-0.4, -0.2) is 47.4 Å². The van der Waals surface area contributed by atoms with Crippen molar-refractivity contribution in [1.82, 2.24) is 15.1 Å². The Bertz CT molecular complexity index is 512. The first-order valence-electron chi connectivity index (χ1n) is 7.59. The number of carbonyl (C=O) groups is 2. The van der Waals surface area contributed by atoms with E-state index in [2.05, 4.69) is 5.32 Å². The Balaban J connectivity index is 1.53. The molecule has 1 aromatic rings. The van der Waals surface area contributed by atoms with Gasteiger partial charge in [0.05, 0.1) is 6.04 Å². The zero-order valence-electron chi connectivity index (χ0n) is 12.1. The van der Waals surface area contributed by atoms with Crippen LogP contribution in [0.15, 0.2) is 30.3 Å². The first kappa shape index (κ1) is 13.9. The summed E-state index contributed by atoms with van der Waals surface area (Å²) in [6.07, 6.45) is 2.57. The predicted molar refractivity (Wildman–Crippen MR) is 79.6 cm³/mol. The van der Waals surface area contributed by atoms with Crippen LogP contribution in [0.1, 0.15) is 24.8 Å². The van der Waals surface area contributed by atoms with E-state index in [9.17, 15) is 9.59 Å². The van der Waals surface area contributed by atoms with Crippen LogP contribution in [-0.2, 0) is 11.3 Å². The maximum absolute atomic E-state index is 12.1. The van der Waals surface area contributed by atoms with Gasteiger partial charge in [-0.05, 0) is 18.4 Å². The zero-order chi connectivity index (χ0) is 14.7. The summed E-state index contributed by atoms with van der Waals surface area (Å²) in [4.78, 5) is 27.8. The molecule has 5 nitrogen and oxygen atoms in total. The molecule has 0 aromatic heterocycles. The van der Waals surface area contributed by atoms with Gasteiger partial charge in [-0.1, -0.05) is 30.3 Å². The van der Waals surface area contributed by atoms with E-state index in [1.807, 2.05) is 40.1 Å². The van der Waals surface area contributed by atoms with Crippen molar-refractivity contribution in [2.45, 2.75) is 31.8 Å². The topological polar surface area (TPSA) is 52.7 Å². The third-order valence-corrected chi connectivity index (χ3v) is 4.15. The van der Waals surface area contributed by atoms with Crippen LogP contribution in [0, 0.1) is 0 Å². The van der Waals surface area contributed by atoms with Gasteiger partial charge in [0.25, 0.3) is 0 Å². The van der Waals surface area contributed by atoms with E-state index in [1.54, 1.807) is 0 Å². The SMILES string of the molecule is O=C1C[C@@H](NC(=O)N2CCCC2)CN1Cc1ccccc1. The number of amides is 3. The number of hydrogen-bond donors (Lipinski definition) is 1. The number of nitrogens with one attached hydrogen (secondary N) is 1. The third-order valence-electron chi connectivity index (χ3n) is 4.15. The van der Waals surface area contributed by atoms with Gasteiger partial charge < -0.3 is 15.1 Å². The summed E-state index contributed by atoms with van der Waals surface area (Å²) in [5, 5.41) is 2.99. The molecule has 0 bridgehead atoms. The van der Waals surface area contributed by atoms with E-state index in [1.165, 1.54) is 0 Å². The van der Waals surface area contributed by atoms with Gasteiger partial charge in [-0.2, -0.15) is 0 Å². The van der Waals surface area contributed by atoms with E-state index < -0.39 is 0 Å². The van der Waals surface area contributed by atoms with Crippen molar-refractivity contribution in [3.63, 3.8) is 0 Å². The number of carbonyl (C=O) groups excluding carboxylic acids is 2. The predicted octanol–water partition coefficient (Wildman–Crippen LogP) is 1.59. The van der Waals surface area contributed by atoms with Gasteiger partial charge in [0, 0.05) is 32.6 Å². The Kier molecular flexibility index (Phi) is 4.08.